The predicted octanol–water partition coefficient (Wildman–Crippen LogP) is 3.94. The Hall–Kier alpha value is -2.81. The summed E-state index contributed by atoms with van der Waals surface area (Å²) < 4.78 is 0. The van der Waals surface area contributed by atoms with Gasteiger partial charge in [-0.05, 0) is 22.9 Å². The standard InChI is InChI=1S/C18H12N2O/c21-17-11-16(20-18-15(17)9-4-10-19-18)14-8-3-6-12-5-1-2-7-13(12)14/h1-10H,11H2. The van der Waals surface area contributed by atoms with Gasteiger partial charge in [0, 0.05) is 11.8 Å². The lowest BCUT2D eigenvalue weighted by atomic mass is 9.94. The van der Waals surface area contributed by atoms with E-state index >= 15 is 0 Å². The fourth-order valence-corrected chi connectivity index (χ4v) is 2.75. The van der Waals surface area contributed by atoms with E-state index in [-0.39, 0.29) is 5.78 Å². The maximum absolute atomic E-state index is 12.3. The minimum Gasteiger partial charge on any atom is -0.294 e. The highest BCUT2D eigenvalue weighted by Crippen LogP contribution is 2.28. The Bertz CT molecular complexity index is 891. The van der Waals surface area contributed by atoms with Gasteiger partial charge in [-0.2, -0.15) is 0 Å². The third-order valence-electron chi connectivity index (χ3n) is 3.76. The van der Waals surface area contributed by atoms with E-state index in [1.807, 2.05) is 24.3 Å². The van der Waals surface area contributed by atoms with Gasteiger partial charge in [0.25, 0.3) is 0 Å². The summed E-state index contributed by atoms with van der Waals surface area (Å²) >= 11 is 0. The molecule has 1 aromatic heterocycles. The number of carbonyl (C=O) groups is 1. The highest BCUT2D eigenvalue weighted by atomic mass is 16.1. The molecule has 3 heteroatoms. The molecule has 2 aromatic carbocycles. The highest BCUT2D eigenvalue weighted by molar-refractivity contribution is 6.23. The number of pyridine rings is 1. The van der Waals surface area contributed by atoms with Crippen molar-refractivity contribution in [2.75, 3.05) is 0 Å². The number of nitrogens with zero attached hydrogens (tertiary/aromatic N) is 2. The van der Waals surface area contributed by atoms with Gasteiger partial charge in [-0.1, -0.05) is 42.5 Å². The lowest BCUT2D eigenvalue weighted by Crippen LogP contribution is -2.15. The van der Waals surface area contributed by atoms with Gasteiger partial charge >= 0.3 is 0 Å². The van der Waals surface area contributed by atoms with Crippen LogP contribution in [0.15, 0.2) is 65.8 Å². The van der Waals surface area contributed by atoms with Crippen LogP contribution in [0.5, 0.6) is 0 Å². The summed E-state index contributed by atoms with van der Waals surface area (Å²) in [6, 6.07) is 17.8. The van der Waals surface area contributed by atoms with E-state index in [1.54, 1.807) is 18.3 Å². The van der Waals surface area contributed by atoms with Crippen LogP contribution in [-0.2, 0) is 0 Å². The Morgan fingerprint density at radius 3 is 2.62 bits per heavy atom. The molecule has 1 aliphatic heterocycles. The summed E-state index contributed by atoms with van der Waals surface area (Å²) in [5.74, 6) is 0.604. The molecule has 0 amide bonds. The number of carbonyl (C=O) groups excluding carboxylic acids is 1. The molecule has 0 N–H and O–H groups in total. The average Bonchev–Trinajstić information content (AvgIpc) is 2.54. The zero-order valence-electron chi connectivity index (χ0n) is 11.3. The molecule has 0 spiro atoms. The monoisotopic (exact) mass is 272 g/mol. The molecular formula is C18H12N2O. The van der Waals surface area contributed by atoms with Crippen molar-refractivity contribution in [3.8, 4) is 0 Å². The van der Waals surface area contributed by atoms with Crippen LogP contribution in [0.1, 0.15) is 22.3 Å². The van der Waals surface area contributed by atoms with Gasteiger partial charge < -0.3 is 0 Å². The zero-order valence-corrected chi connectivity index (χ0v) is 11.3. The zero-order chi connectivity index (χ0) is 14.2. The molecule has 0 aliphatic carbocycles. The van der Waals surface area contributed by atoms with Gasteiger partial charge in [-0.15, -0.1) is 0 Å². The molecule has 0 radical (unpaired) electrons. The molecular weight excluding hydrogens is 260 g/mol. The lowest BCUT2D eigenvalue weighted by molar-refractivity contribution is 0.0999. The summed E-state index contributed by atoms with van der Waals surface area (Å²) in [5.41, 5.74) is 2.42. The number of aromatic nitrogens is 1. The smallest absolute Gasteiger partial charge is 0.172 e. The average molecular weight is 272 g/mol. The first-order chi connectivity index (χ1) is 10.3. The van der Waals surface area contributed by atoms with Gasteiger partial charge in [0.05, 0.1) is 17.7 Å². The van der Waals surface area contributed by atoms with E-state index in [0.29, 0.717) is 17.8 Å². The summed E-state index contributed by atoms with van der Waals surface area (Å²) in [5, 5.41) is 2.27. The number of ketones is 1. The minimum atomic E-state index is 0.0797. The first kappa shape index (κ1) is 12.0. The van der Waals surface area contributed by atoms with Gasteiger partial charge in [0.1, 0.15) is 0 Å². The van der Waals surface area contributed by atoms with E-state index < -0.39 is 0 Å². The quantitative estimate of drug-likeness (QED) is 0.673. The number of fused-ring (bicyclic) bond motifs is 2. The van der Waals surface area contributed by atoms with E-state index in [9.17, 15) is 4.79 Å². The largest absolute Gasteiger partial charge is 0.294 e. The number of hydrogen-bond acceptors (Lipinski definition) is 3. The molecule has 0 fully saturated rings. The molecule has 0 saturated carbocycles. The topological polar surface area (TPSA) is 42.3 Å². The number of aliphatic imine (C=N–C) groups is 1. The SMILES string of the molecule is O=C1CC(c2cccc3ccccc23)=Nc2ncccc21. The van der Waals surface area contributed by atoms with Crippen molar-refractivity contribution in [2.45, 2.75) is 6.42 Å². The van der Waals surface area contributed by atoms with Gasteiger partial charge in [-0.3, -0.25) is 4.79 Å². The number of rotatable bonds is 1. The van der Waals surface area contributed by atoms with E-state index in [2.05, 4.69) is 28.2 Å². The van der Waals surface area contributed by atoms with Crippen LogP contribution in [0, 0.1) is 0 Å². The fraction of sp³-hybridized carbons (Fsp3) is 0.0556. The third kappa shape index (κ3) is 1.94. The lowest BCUT2D eigenvalue weighted by Gasteiger charge is -2.15. The van der Waals surface area contributed by atoms with Crippen LogP contribution in [0.2, 0.25) is 0 Å². The predicted molar refractivity (Wildman–Crippen MR) is 83.3 cm³/mol. The number of benzene rings is 2. The van der Waals surface area contributed by atoms with Crippen molar-refractivity contribution in [1.82, 2.24) is 4.98 Å². The number of hydrogen-bond donors (Lipinski definition) is 0. The third-order valence-corrected chi connectivity index (χ3v) is 3.76. The molecule has 0 saturated heterocycles. The van der Waals surface area contributed by atoms with Gasteiger partial charge in [-0.25, -0.2) is 9.98 Å². The van der Waals surface area contributed by atoms with Crippen LogP contribution in [0.3, 0.4) is 0 Å². The molecule has 4 rings (SSSR count). The molecule has 3 aromatic rings. The second-order valence-corrected chi connectivity index (χ2v) is 5.06. The van der Waals surface area contributed by atoms with Crippen molar-refractivity contribution in [3.63, 3.8) is 0 Å². The fourth-order valence-electron chi connectivity index (χ4n) is 2.75. The molecule has 2 heterocycles. The first-order valence-electron chi connectivity index (χ1n) is 6.87. The van der Waals surface area contributed by atoms with Crippen molar-refractivity contribution in [3.05, 3.63) is 71.9 Å². The van der Waals surface area contributed by atoms with Crippen LogP contribution in [-0.4, -0.2) is 16.5 Å². The van der Waals surface area contributed by atoms with Gasteiger partial charge in [0.2, 0.25) is 0 Å². The molecule has 100 valence electrons. The molecule has 21 heavy (non-hydrogen) atoms. The van der Waals surface area contributed by atoms with Gasteiger partial charge in [0.15, 0.2) is 11.6 Å². The van der Waals surface area contributed by atoms with E-state index in [4.69, 9.17) is 0 Å². The summed E-state index contributed by atoms with van der Waals surface area (Å²) in [6.45, 7) is 0. The summed E-state index contributed by atoms with van der Waals surface area (Å²) in [6.07, 6.45) is 1.99. The summed E-state index contributed by atoms with van der Waals surface area (Å²) in [7, 11) is 0. The normalized spacial score (nSPS) is 13.9. The Labute approximate surface area is 122 Å². The second kappa shape index (κ2) is 4.63. The van der Waals surface area contributed by atoms with E-state index in [0.717, 1.165) is 22.0 Å². The summed E-state index contributed by atoms with van der Waals surface area (Å²) in [4.78, 5) is 21.1. The highest BCUT2D eigenvalue weighted by Gasteiger charge is 2.22. The van der Waals surface area contributed by atoms with Crippen molar-refractivity contribution in [1.29, 1.82) is 0 Å². The Morgan fingerprint density at radius 2 is 1.67 bits per heavy atom. The molecule has 0 unspecified atom stereocenters. The molecule has 3 nitrogen and oxygen atoms in total. The Kier molecular flexibility index (Phi) is 2.64. The van der Waals surface area contributed by atoms with Crippen molar-refractivity contribution < 1.29 is 4.79 Å². The maximum Gasteiger partial charge on any atom is 0.172 e. The van der Waals surface area contributed by atoms with Crippen LogP contribution in [0.4, 0.5) is 5.82 Å². The van der Waals surface area contributed by atoms with Crippen LogP contribution < -0.4 is 0 Å². The first-order valence-corrected chi connectivity index (χ1v) is 6.87. The minimum absolute atomic E-state index is 0.0797. The van der Waals surface area contributed by atoms with Crippen LogP contribution >= 0.6 is 0 Å². The van der Waals surface area contributed by atoms with Crippen molar-refractivity contribution >= 4 is 28.1 Å². The molecule has 1 aliphatic rings. The second-order valence-electron chi connectivity index (χ2n) is 5.06. The Balaban J connectivity index is 1.95. The molecule has 0 bridgehead atoms. The van der Waals surface area contributed by atoms with E-state index in [1.165, 1.54) is 0 Å². The van der Waals surface area contributed by atoms with Crippen LogP contribution in [0.25, 0.3) is 10.8 Å². The molecule has 0 atom stereocenters. The maximum atomic E-state index is 12.3. The van der Waals surface area contributed by atoms with Crippen molar-refractivity contribution in [2.24, 2.45) is 4.99 Å². The number of Topliss-reactive ketones (excluding diaryl/α,β-unsaturated/α-hetero) is 1. The Morgan fingerprint density at radius 1 is 0.857 bits per heavy atom.